The molecule has 0 saturated carbocycles. The average molecular weight is 364 g/mol. The van der Waals surface area contributed by atoms with Crippen molar-refractivity contribution in [2.45, 2.75) is 0 Å². The van der Waals surface area contributed by atoms with Crippen molar-refractivity contribution >= 4 is 27.8 Å². The Hall–Kier alpha value is -3.32. The van der Waals surface area contributed by atoms with E-state index in [1.54, 1.807) is 26.5 Å². The van der Waals surface area contributed by atoms with Gasteiger partial charge in [0.15, 0.2) is 0 Å². The maximum atomic E-state index is 12.5. The molecule has 3 aromatic heterocycles. The van der Waals surface area contributed by atoms with E-state index in [9.17, 15) is 4.79 Å². The van der Waals surface area contributed by atoms with Gasteiger partial charge in [-0.1, -0.05) is 0 Å². The predicted octanol–water partition coefficient (Wildman–Crippen LogP) is 3.10. The number of hydrogen-bond donors (Lipinski definition) is 3. The van der Waals surface area contributed by atoms with Crippen LogP contribution in [0.25, 0.3) is 33.2 Å². The minimum Gasteiger partial charge on any atom is -0.497 e. The Morgan fingerprint density at radius 1 is 1.19 bits per heavy atom. The lowest BCUT2D eigenvalue weighted by Gasteiger charge is -2.04. The highest BCUT2D eigenvalue weighted by atomic mass is 16.5. The molecule has 0 unspecified atom stereocenters. The first kappa shape index (κ1) is 17.1. The number of rotatable bonds is 6. The normalized spacial score (nSPS) is 11.2. The van der Waals surface area contributed by atoms with Gasteiger partial charge in [0.1, 0.15) is 11.4 Å². The third kappa shape index (κ3) is 3.13. The number of amides is 1. The number of pyridine rings is 1. The predicted molar refractivity (Wildman–Crippen MR) is 104 cm³/mol. The summed E-state index contributed by atoms with van der Waals surface area (Å²) < 4.78 is 10.3. The molecule has 0 fully saturated rings. The van der Waals surface area contributed by atoms with Crippen molar-refractivity contribution in [3.8, 4) is 17.0 Å². The second-order valence-corrected chi connectivity index (χ2v) is 6.17. The summed E-state index contributed by atoms with van der Waals surface area (Å²) in [7, 11) is 3.25. The summed E-state index contributed by atoms with van der Waals surface area (Å²) in [5, 5.41) is 4.66. The summed E-state index contributed by atoms with van der Waals surface area (Å²) in [5.41, 5.74) is 4.13. The molecule has 1 aromatic carbocycles. The van der Waals surface area contributed by atoms with Crippen LogP contribution in [0.1, 0.15) is 10.4 Å². The van der Waals surface area contributed by atoms with Crippen molar-refractivity contribution in [1.29, 1.82) is 0 Å². The number of aromatic amines is 2. The van der Waals surface area contributed by atoms with Gasteiger partial charge in [0.25, 0.3) is 5.91 Å². The summed E-state index contributed by atoms with van der Waals surface area (Å²) in [5.74, 6) is 0.640. The number of nitrogens with zero attached hydrogens (tertiary/aromatic N) is 1. The highest BCUT2D eigenvalue weighted by Crippen LogP contribution is 2.32. The SMILES string of the molecule is COCCNC(=O)c1ccnc2[nH]c(-c3c[nH]c4ccc(OC)cc34)cc12. The molecule has 7 heteroatoms. The van der Waals surface area contributed by atoms with E-state index in [1.807, 2.05) is 30.5 Å². The molecule has 27 heavy (non-hydrogen) atoms. The molecular weight excluding hydrogens is 344 g/mol. The Balaban J connectivity index is 1.76. The highest BCUT2D eigenvalue weighted by Gasteiger charge is 2.15. The van der Waals surface area contributed by atoms with Crippen LogP contribution in [-0.2, 0) is 4.74 Å². The van der Waals surface area contributed by atoms with Crippen LogP contribution in [0.2, 0.25) is 0 Å². The number of H-pyrrole nitrogens is 2. The molecule has 0 aliphatic heterocycles. The fourth-order valence-electron chi connectivity index (χ4n) is 3.18. The van der Waals surface area contributed by atoms with Crippen molar-refractivity contribution in [3.05, 3.63) is 48.3 Å². The summed E-state index contributed by atoms with van der Waals surface area (Å²) in [6, 6.07) is 9.56. The lowest BCUT2D eigenvalue weighted by atomic mass is 10.1. The first-order valence-electron chi connectivity index (χ1n) is 8.61. The Morgan fingerprint density at radius 2 is 2.07 bits per heavy atom. The van der Waals surface area contributed by atoms with Gasteiger partial charge >= 0.3 is 0 Å². The first-order chi connectivity index (χ1) is 13.2. The molecule has 3 heterocycles. The van der Waals surface area contributed by atoms with Gasteiger partial charge < -0.3 is 24.8 Å². The van der Waals surface area contributed by atoms with Crippen LogP contribution in [0.3, 0.4) is 0 Å². The first-order valence-corrected chi connectivity index (χ1v) is 8.61. The second-order valence-electron chi connectivity index (χ2n) is 6.17. The third-order valence-corrected chi connectivity index (χ3v) is 4.55. The summed E-state index contributed by atoms with van der Waals surface area (Å²) in [4.78, 5) is 23.4. The van der Waals surface area contributed by atoms with Gasteiger partial charge in [0, 0.05) is 53.6 Å². The zero-order valence-electron chi connectivity index (χ0n) is 15.1. The lowest BCUT2D eigenvalue weighted by molar-refractivity contribution is 0.0938. The van der Waals surface area contributed by atoms with Crippen molar-refractivity contribution < 1.29 is 14.3 Å². The van der Waals surface area contributed by atoms with Crippen molar-refractivity contribution in [2.75, 3.05) is 27.4 Å². The molecule has 0 radical (unpaired) electrons. The number of nitrogens with one attached hydrogen (secondary N) is 3. The minimum absolute atomic E-state index is 0.148. The highest BCUT2D eigenvalue weighted by molar-refractivity contribution is 6.07. The molecule has 0 aliphatic rings. The maximum Gasteiger partial charge on any atom is 0.252 e. The van der Waals surface area contributed by atoms with E-state index in [-0.39, 0.29) is 5.91 Å². The van der Waals surface area contributed by atoms with Gasteiger partial charge in [-0.05, 0) is 30.3 Å². The monoisotopic (exact) mass is 364 g/mol. The summed E-state index contributed by atoms with van der Waals surface area (Å²) in [6.07, 6.45) is 3.57. The number of carbonyl (C=O) groups excluding carboxylic acids is 1. The number of fused-ring (bicyclic) bond motifs is 2. The van der Waals surface area contributed by atoms with Crippen molar-refractivity contribution in [3.63, 3.8) is 0 Å². The van der Waals surface area contributed by atoms with Crippen LogP contribution in [0, 0.1) is 0 Å². The zero-order chi connectivity index (χ0) is 18.8. The van der Waals surface area contributed by atoms with Gasteiger partial charge in [-0.15, -0.1) is 0 Å². The van der Waals surface area contributed by atoms with Crippen LogP contribution < -0.4 is 10.1 Å². The van der Waals surface area contributed by atoms with E-state index in [2.05, 4.69) is 20.3 Å². The Morgan fingerprint density at radius 3 is 2.89 bits per heavy atom. The van der Waals surface area contributed by atoms with Gasteiger partial charge in [0.05, 0.1) is 19.3 Å². The molecule has 3 N–H and O–H groups in total. The number of methoxy groups -OCH3 is 2. The molecule has 4 aromatic rings. The van der Waals surface area contributed by atoms with Crippen molar-refractivity contribution in [1.82, 2.24) is 20.3 Å². The van der Waals surface area contributed by atoms with E-state index < -0.39 is 0 Å². The number of ether oxygens (including phenoxy) is 2. The van der Waals surface area contributed by atoms with Crippen molar-refractivity contribution in [2.24, 2.45) is 0 Å². The number of benzene rings is 1. The van der Waals surface area contributed by atoms with E-state index in [0.29, 0.717) is 24.4 Å². The van der Waals surface area contributed by atoms with Crippen LogP contribution >= 0.6 is 0 Å². The maximum absolute atomic E-state index is 12.5. The Labute approximate surface area is 155 Å². The molecule has 7 nitrogen and oxygen atoms in total. The van der Waals surface area contributed by atoms with Gasteiger partial charge in [-0.2, -0.15) is 0 Å². The summed E-state index contributed by atoms with van der Waals surface area (Å²) in [6.45, 7) is 0.925. The topological polar surface area (TPSA) is 92.0 Å². The number of carbonyl (C=O) groups is 1. The Kier molecular flexibility index (Phi) is 4.52. The Bertz CT molecular complexity index is 1110. The molecule has 1 amide bonds. The smallest absolute Gasteiger partial charge is 0.252 e. The zero-order valence-corrected chi connectivity index (χ0v) is 15.1. The quantitative estimate of drug-likeness (QED) is 0.459. The van der Waals surface area contributed by atoms with E-state index in [1.165, 1.54) is 0 Å². The molecule has 0 bridgehead atoms. The van der Waals surface area contributed by atoms with Crippen LogP contribution in [0.5, 0.6) is 5.75 Å². The second kappa shape index (κ2) is 7.13. The molecule has 0 saturated heterocycles. The molecule has 138 valence electrons. The molecular formula is C20H20N4O3. The van der Waals surface area contributed by atoms with Gasteiger partial charge in [0.2, 0.25) is 0 Å². The lowest BCUT2D eigenvalue weighted by Crippen LogP contribution is -2.27. The number of hydrogen-bond acceptors (Lipinski definition) is 4. The minimum atomic E-state index is -0.148. The van der Waals surface area contributed by atoms with E-state index in [0.717, 1.165) is 33.3 Å². The molecule has 0 spiro atoms. The van der Waals surface area contributed by atoms with Crippen LogP contribution in [-0.4, -0.2) is 48.2 Å². The fraction of sp³-hybridized carbons (Fsp3) is 0.200. The van der Waals surface area contributed by atoms with Crippen LogP contribution in [0.15, 0.2) is 42.7 Å². The third-order valence-electron chi connectivity index (χ3n) is 4.55. The standard InChI is InChI=1S/C20H20N4O3/c1-26-8-7-22-20(25)13-5-6-21-19-15(13)10-18(24-19)16-11-23-17-4-3-12(27-2)9-14(16)17/h3-6,9-11,23H,7-8H2,1-2H3,(H,21,24)(H,22,25). The summed E-state index contributed by atoms with van der Waals surface area (Å²) >= 11 is 0. The van der Waals surface area contributed by atoms with Crippen LogP contribution in [0.4, 0.5) is 0 Å². The largest absolute Gasteiger partial charge is 0.497 e. The fourth-order valence-corrected chi connectivity index (χ4v) is 3.18. The number of aromatic nitrogens is 3. The molecule has 4 rings (SSSR count). The van der Waals surface area contributed by atoms with E-state index in [4.69, 9.17) is 9.47 Å². The van der Waals surface area contributed by atoms with Gasteiger partial charge in [-0.3, -0.25) is 4.79 Å². The molecule has 0 aliphatic carbocycles. The average Bonchev–Trinajstić information content (AvgIpc) is 3.30. The molecule has 0 atom stereocenters. The van der Waals surface area contributed by atoms with Gasteiger partial charge in [-0.25, -0.2) is 4.98 Å². The van der Waals surface area contributed by atoms with E-state index >= 15 is 0 Å².